The summed E-state index contributed by atoms with van der Waals surface area (Å²) in [5, 5.41) is 3.60. The molecule has 0 atom stereocenters. The maximum Gasteiger partial charge on any atom is 0.418 e. The van der Waals surface area contributed by atoms with Gasteiger partial charge in [0.2, 0.25) is 0 Å². The molecule has 1 aliphatic heterocycles. The lowest BCUT2D eigenvalue weighted by molar-refractivity contribution is -0.138. The molecule has 0 radical (unpaired) electrons. The number of hydrogen-bond acceptors (Lipinski definition) is 7. The van der Waals surface area contributed by atoms with E-state index in [-0.39, 0.29) is 11.3 Å². The van der Waals surface area contributed by atoms with Crippen LogP contribution >= 0.6 is 0 Å². The second-order valence-corrected chi connectivity index (χ2v) is 10.8. The highest BCUT2D eigenvalue weighted by Gasteiger charge is 2.34. The lowest BCUT2D eigenvalue weighted by Gasteiger charge is -2.35. The summed E-state index contributed by atoms with van der Waals surface area (Å²) in [6.45, 7) is 8.82. The van der Waals surface area contributed by atoms with Crippen molar-refractivity contribution in [3.8, 4) is 11.3 Å². The maximum absolute atomic E-state index is 13.8. The van der Waals surface area contributed by atoms with Crippen LogP contribution < -0.4 is 5.32 Å². The van der Waals surface area contributed by atoms with E-state index < -0.39 is 23.5 Å². The minimum atomic E-state index is -4.60. The number of anilines is 2. The molecule has 0 unspecified atom stereocenters. The highest BCUT2D eigenvalue weighted by Crippen LogP contribution is 2.37. The highest BCUT2D eigenvalue weighted by atomic mass is 19.4. The van der Waals surface area contributed by atoms with Gasteiger partial charge < -0.3 is 10.2 Å². The van der Waals surface area contributed by atoms with Crippen molar-refractivity contribution in [3.05, 3.63) is 77.7 Å². The van der Waals surface area contributed by atoms with Crippen molar-refractivity contribution < 1.29 is 26.3 Å². The number of fused-ring (bicyclic) bond motifs is 1. The van der Waals surface area contributed by atoms with Crippen LogP contribution in [0.25, 0.3) is 22.2 Å². The maximum atomic E-state index is 13.8. The van der Waals surface area contributed by atoms with Crippen molar-refractivity contribution >= 4 is 22.4 Å². The van der Waals surface area contributed by atoms with Crippen LogP contribution in [0.1, 0.15) is 23.9 Å². The molecule has 44 heavy (non-hydrogen) atoms. The number of halogens is 6. The van der Waals surface area contributed by atoms with Crippen LogP contribution in [0.5, 0.6) is 0 Å². The van der Waals surface area contributed by atoms with Crippen LogP contribution in [0.2, 0.25) is 0 Å². The van der Waals surface area contributed by atoms with Crippen LogP contribution in [-0.4, -0.2) is 82.5 Å². The highest BCUT2D eigenvalue weighted by molar-refractivity contribution is 5.93. The number of alkyl halides is 6. The quantitative estimate of drug-likeness (QED) is 0.214. The van der Waals surface area contributed by atoms with Crippen molar-refractivity contribution in [1.29, 1.82) is 0 Å². The number of nitrogens with one attached hydrogen (secondary N) is 1. The van der Waals surface area contributed by atoms with Gasteiger partial charge >= 0.3 is 12.4 Å². The van der Waals surface area contributed by atoms with Crippen molar-refractivity contribution in [2.45, 2.75) is 25.8 Å². The van der Waals surface area contributed by atoms with Gasteiger partial charge in [-0.2, -0.15) is 26.3 Å². The molecular weight excluding hydrogens is 584 g/mol. The Hall–Kier alpha value is -3.81. The van der Waals surface area contributed by atoms with Gasteiger partial charge in [-0.15, -0.1) is 0 Å². The number of hydrogen-bond donors (Lipinski definition) is 1. The zero-order valence-corrected chi connectivity index (χ0v) is 24.4. The van der Waals surface area contributed by atoms with Gasteiger partial charge in [0, 0.05) is 62.1 Å². The van der Waals surface area contributed by atoms with Crippen molar-refractivity contribution in [3.63, 3.8) is 0 Å². The molecule has 1 aliphatic rings. The SMILES string of the molecule is CCN(C)CCN1CCN(Cc2nc(Nc3ccc(C(F)(F)F)cc3)c3ccc(-c4ncccc4C(F)(F)F)cc3n2)CC1. The van der Waals surface area contributed by atoms with Crippen LogP contribution in [0, 0.1) is 0 Å². The molecule has 0 saturated carbocycles. The van der Waals surface area contributed by atoms with E-state index in [9.17, 15) is 26.3 Å². The first-order valence-corrected chi connectivity index (χ1v) is 14.3. The largest absolute Gasteiger partial charge is 0.418 e. The third-order valence-electron chi connectivity index (χ3n) is 7.77. The minimum absolute atomic E-state index is 0.218. The Labute approximate surface area is 251 Å². The fourth-order valence-corrected chi connectivity index (χ4v) is 5.08. The van der Waals surface area contributed by atoms with E-state index in [1.54, 1.807) is 6.07 Å². The average Bonchev–Trinajstić information content (AvgIpc) is 2.99. The van der Waals surface area contributed by atoms with Gasteiger partial charge in [0.15, 0.2) is 0 Å². The number of nitrogens with zero attached hydrogens (tertiary/aromatic N) is 6. The van der Waals surface area contributed by atoms with E-state index in [1.165, 1.54) is 36.5 Å². The summed E-state index contributed by atoms with van der Waals surface area (Å²) in [6, 6.07) is 11.4. The molecule has 2 aromatic carbocycles. The van der Waals surface area contributed by atoms with Gasteiger partial charge in [0.1, 0.15) is 11.6 Å². The van der Waals surface area contributed by atoms with E-state index >= 15 is 0 Å². The zero-order chi connectivity index (χ0) is 31.5. The fourth-order valence-electron chi connectivity index (χ4n) is 5.08. The molecule has 0 spiro atoms. The topological polar surface area (TPSA) is 60.4 Å². The number of benzene rings is 2. The molecule has 0 amide bonds. The average molecular weight is 618 g/mol. The van der Waals surface area contributed by atoms with Gasteiger partial charge in [-0.05, 0) is 62.1 Å². The molecular formula is C31H33F6N7. The van der Waals surface area contributed by atoms with Crippen molar-refractivity contribution in [1.82, 2.24) is 29.7 Å². The van der Waals surface area contributed by atoms with E-state index in [0.717, 1.165) is 64.0 Å². The van der Waals surface area contributed by atoms with E-state index in [2.05, 4.69) is 39.0 Å². The number of aromatic nitrogens is 3. The Morgan fingerprint density at radius 1 is 0.864 bits per heavy atom. The molecule has 1 fully saturated rings. The summed E-state index contributed by atoms with van der Waals surface area (Å²) in [5.41, 5.74) is -0.855. The van der Waals surface area contributed by atoms with E-state index in [0.29, 0.717) is 34.8 Å². The molecule has 1 N–H and O–H groups in total. The standard InChI is InChI=1S/C31H33F6N7/c1-3-42(2)13-14-43-15-17-44(18-16-43)20-27-40-26-19-21(28-25(31(35,36)37)5-4-12-38-28)6-11-24(26)29(41-27)39-23-9-7-22(8-10-23)30(32,33)34/h4-12,19H,3,13-18,20H2,1-2H3,(H,39,40,41). The van der Waals surface area contributed by atoms with Crippen LogP contribution in [-0.2, 0) is 18.9 Å². The molecule has 7 nitrogen and oxygen atoms in total. The van der Waals surface area contributed by atoms with Crippen molar-refractivity contribution in [2.24, 2.45) is 0 Å². The second-order valence-electron chi connectivity index (χ2n) is 10.8. The summed E-state index contributed by atoms with van der Waals surface area (Å²) >= 11 is 0. The Morgan fingerprint density at radius 3 is 2.23 bits per heavy atom. The first-order chi connectivity index (χ1) is 20.9. The monoisotopic (exact) mass is 617 g/mol. The lowest BCUT2D eigenvalue weighted by Crippen LogP contribution is -2.47. The normalized spacial score (nSPS) is 15.3. The molecule has 3 heterocycles. The van der Waals surface area contributed by atoms with Gasteiger partial charge in [0.05, 0.1) is 28.9 Å². The number of piperazine rings is 1. The summed E-state index contributed by atoms with van der Waals surface area (Å²) in [4.78, 5) is 20.3. The summed E-state index contributed by atoms with van der Waals surface area (Å²) < 4.78 is 80.6. The molecule has 234 valence electrons. The zero-order valence-electron chi connectivity index (χ0n) is 24.4. The van der Waals surface area contributed by atoms with Gasteiger partial charge in [-0.1, -0.05) is 13.0 Å². The van der Waals surface area contributed by atoms with Crippen LogP contribution in [0.15, 0.2) is 60.8 Å². The predicted molar refractivity (Wildman–Crippen MR) is 157 cm³/mol. The predicted octanol–water partition coefficient (Wildman–Crippen LogP) is 6.54. The van der Waals surface area contributed by atoms with Gasteiger partial charge in [-0.25, -0.2) is 9.97 Å². The molecule has 0 bridgehead atoms. The molecule has 13 heteroatoms. The molecule has 2 aromatic heterocycles. The molecule has 1 saturated heterocycles. The third-order valence-corrected chi connectivity index (χ3v) is 7.77. The molecule has 5 rings (SSSR count). The summed E-state index contributed by atoms with van der Waals surface area (Å²) in [7, 11) is 2.09. The first kappa shape index (κ1) is 31.6. The fraction of sp³-hybridized carbons (Fsp3) is 0.387. The third kappa shape index (κ3) is 7.63. The molecule has 4 aromatic rings. The Kier molecular flexibility index (Phi) is 9.37. The Balaban J connectivity index is 1.45. The van der Waals surface area contributed by atoms with Gasteiger partial charge in [0.25, 0.3) is 0 Å². The number of likely N-dealkylation sites (N-methyl/N-ethyl adjacent to an activating group) is 1. The Morgan fingerprint density at radius 2 is 1.57 bits per heavy atom. The molecule has 0 aliphatic carbocycles. The van der Waals surface area contributed by atoms with Crippen LogP contribution in [0.4, 0.5) is 37.8 Å². The number of pyridine rings is 1. The first-order valence-electron chi connectivity index (χ1n) is 14.3. The minimum Gasteiger partial charge on any atom is -0.340 e. The smallest absolute Gasteiger partial charge is 0.340 e. The second kappa shape index (κ2) is 13.0. The summed E-state index contributed by atoms with van der Waals surface area (Å²) in [6.07, 6.45) is -7.77. The van der Waals surface area contributed by atoms with Crippen LogP contribution in [0.3, 0.4) is 0 Å². The van der Waals surface area contributed by atoms with Crippen molar-refractivity contribution in [2.75, 3.05) is 58.2 Å². The van der Waals surface area contributed by atoms with Gasteiger partial charge in [-0.3, -0.25) is 14.8 Å². The van der Waals surface area contributed by atoms with E-state index in [4.69, 9.17) is 9.97 Å². The number of rotatable bonds is 9. The van der Waals surface area contributed by atoms with E-state index in [1.807, 2.05) is 0 Å². The Bertz CT molecular complexity index is 1570. The lowest BCUT2D eigenvalue weighted by atomic mass is 10.0. The summed E-state index contributed by atoms with van der Waals surface area (Å²) in [5.74, 6) is 0.787.